The largest absolute Gasteiger partial charge is 2.00 e. The van der Waals surface area contributed by atoms with E-state index in [4.69, 9.17) is 0 Å². The van der Waals surface area contributed by atoms with Gasteiger partial charge in [0.15, 0.2) is 0 Å². The van der Waals surface area contributed by atoms with E-state index in [0.29, 0.717) is 0 Å². The molecule has 0 saturated heterocycles. The van der Waals surface area contributed by atoms with Crippen LogP contribution in [0.25, 0.3) is 0 Å². The third-order valence-corrected chi connectivity index (χ3v) is 5.76. The van der Waals surface area contributed by atoms with Gasteiger partial charge in [-0.2, -0.15) is 0 Å². The zero-order valence-electron chi connectivity index (χ0n) is 15.4. The number of hydrogen-bond donors (Lipinski definition) is 0. The van der Waals surface area contributed by atoms with Crippen molar-refractivity contribution in [3.05, 3.63) is 45.2 Å². The summed E-state index contributed by atoms with van der Waals surface area (Å²) in [4.78, 5) is 3.80. The van der Waals surface area contributed by atoms with Crippen LogP contribution >= 0.6 is 11.8 Å². The summed E-state index contributed by atoms with van der Waals surface area (Å²) in [5.41, 5.74) is 0. The van der Waals surface area contributed by atoms with Crippen LogP contribution in [0, 0.1) is 14.9 Å². The monoisotopic (exact) mass is 377 g/mol. The summed E-state index contributed by atoms with van der Waals surface area (Å²) in [5.74, 6) is 0. The van der Waals surface area contributed by atoms with Crippen LogP contribution in [0.1, 0.15) is 51.4 Å². The Bertz CT molecular complexity index is 358. The molecular weight excluding hydrogens is 342 g/mol. The van der Waals surface area contributed by atoms with Crippen LogP contribution in [-0.4, -0.2) is 30.3 Å². The van der Waals surface area contributed by atoms with Crippen molar-refractivity contribution in [2.24, 2.45) is 0 Å². The average Bonchev–Trinajstić information content (AvgIpc) is 3.14. The molecule has 1 aromatic rings. The maximum atomic E-state index is 2.38. The minimum absolute atomic E-state index is 0. The van der Waals surface area contributed by atoms with Gasteiger partial charge in [0, 0.05) is 16.2 Å². The first-order chi connectivity index (χ1) is 9.77. The molecule has 0 aromatic heterocycles. The van der Waals surface area contributed by atoms with Crippen molar-refractivity contribution in [3.8, 4) is 0 Å². The van der Waals surface area contributed by atoms with Crippen LogP contribution in [0.4, 0.5) is 0 Å². The van der Waals surface area contributed by atoms with Crippen molar-refractivity contribution in [2.45, 2.75) is 67.6 Å². The molecule has 3 heteroatoms. The van der Waals surface area contributed by atoms with Gasteiger partial charge in [-0.15, -0.1) is 11.8 Å². The summed E-state index contributed by atoms with van der Waals surface area (Å²) < 4.78 is 0. The van der Waals surface area contributed by atoms with Gasteiger partial charge in [0.2, 0.25) is 0 Å². The molecule has 3 rings (SSSR count). The molecule has 2 unspecified atom stereocenters. The zero-order chi connectivity index (χ0) is 14.2. The molecule has 0 bridgehead atoms. The summed E-state index contributed by atoms with van der Waals surface area (Å²) in [7, 11) is 4.41. The molecular formula is C20H35FeNS. The second-order valence-electron chi connectivity index (χ2n) is 6.20. The molecule has 1 aromatic carbocycles. The minimum atomic E-state index is 0. The maximum absolute atomic E-state index is 2.38. The van der Waals surface area contributed by atoms with E-state index >= 15 is 0 Å². The van der Waals surface area contributed by atoms with Crippen LogP contribution in [0.5, 0.6) is 0 Å². The molecule has 0 aliphatic heterocycles. The molecule has 23 heavy (non-hydrogen) atoms. The molecule has 2 aliphatic carbocycles. The Morgan fingerprint density at radius 2 is 1.35 bits per heavy atom. The molecule has 0 spiro atoms. The quantitative estimate of drug-likeness (QED) is 0.462. The average molecular weight is 377 g/mol. The Balaban J connectivity index is 0. The van der Waals surface area contributed by atoms with Crippen molar-refractivity contribution in [1.29, 1.82) is 0 Å². The molecule has 2 fully saturated rings. The normalized spacial score (nSPS) is 22.2. The smallest absolute Gasteiger partial charge is 0.358 e. The van der Waals surface area contributed by atoms with Gasteiger partial charge >= 0.3 is 17.1 Å². The molecule has 1 nitrogen and oxygen atoms in total. The van der Waals surface area contributed by atoms with E-state index in [1.807, 2.05) is 11.8 Å². The molecule has 2 aliphatic rings. The Morgan fingerprint density at radius 3 is 1.83 bits per heavy atom. The summed E-state index contributed by atoms with van der Waals surface area (Å²) in [5, 5.41) is 0.780. The van der Waals surface area contributed by atoms with Crippen LogP contribution in [-0.2, 0) is 17.1 Å². The van der Waals surface area contributed by atoms with E-state index in [0.717, 1.165) is 11.3 Å². The first kappa shape index (κ1) is 25.3. The number of hydrogen-bond acceptors (Lipinski definition) is 2. The molecule has 2 atom stereocenters. The summed E-state index contributed by atoms with van der Waals surface area (Å²) in [6.45, 7) is 0. The first-order valence-corrected chi connectivity index (χ1v) is 9.03. The van der Waals surface area contributed by atoms with E-state index in [-0.39, 0.29) is 31.9 Å². The summed E-state index contributed by atoms with van der Waals surface area (Å²) in [6, 6.07) is 11.5. The summed E-state index contributed by atoms with van der Waals surface area (Å²) in [6.07, 6.45) is 11.6. The van der Waals surface area contributed by atoms with Gasteiger partial charge < -0.3 is 19.8 Å². The SMILES string of the molecule is C1CCCC1.CN(C)C1CCCC1Sc1ccccc1.[CH3-].[CH3-].[Fe+2]. The van der Waals surface area contributed by atoms with Crippen LogP contribution in [0.2, 0.25) is 0 Å². The minimum Gasteiger partial charge on any atom is -0.358 e. The third-order valence-electron chi connectivity index (χ3n) is 4.36. The Morgan fingerprint density at radius 1 is 0.826 bits per heavy atom. The maximum Gasteiger partial charge on any atom is 2.00 e. The van der Waals surface area contributed by atoms with E-state index in [2.05, 4.69) is 49.3 Å². The Labute approximate surface area is 160 Å². The van der Waals surface area contributed by atoms with Crippen molar-refractivity contribution < 1.29 is 17.1 Å². The number of rotatable bonds is 3. The predicted molar refractivity (Wildman–Crippen MR) is 103 cm³/mol. The van der Waals surface area contributed by atoms with Gasteiger partial charge in [-0.1, -0.05) is 56.7 Å². The molecule has 0 N–H and O–H groups in total. The zero-order valence-corrected chi connectivity index (χ0v) is 17.3. The molecule has 0 heterocycles. The second kappa shape index (κ2) is 14.4. The van der Waals surface area contributed by atoms with E-state index < -0.39 is 0 Å². The van der Waals surface area contributed by atoms with Crippen LogP contribution < -0.4 is 0 Å². The van der Waals surface area contributed by atoms with E-state index in [9.17, 15) is 0 Å². The first-order valence-electron chi connectivity index (χ1n) is 8.15. The fourth-order valence-corrected chi connectivity index (χ4v) is 4.68. The fraction of sp³-hybridized carbons (Fsp3) is 0.600. The Hall–Kier alpha value is 0.0495. The van der Waals surface area contributed by atoms with Gasteiger partial charge in [0.25, 0.3) is 0 Å². The second-order valence-corrected chi connectivity index (χ2v) is 7.51. The molecule has 2 saturated carbocycles. The van der Waals surface area contributed by atoms with E-state index in [1.54, 1.807) is 0 Å². The van der Waals surface area contributed by atoms with Crippen molar-refractivity contribution >= 4 is 11.8 Å². The van der Waals surface area contributed by atoms with Gasteiger partial charge in [0.05, 0.1) is 0 Å². The van der Waals surface area contributed by atoms with Gasteiger partial charge in [-0.05, 0) is 39.1 Å². The van der Waals surface area contributed by atoms with Gasteiger partial charge in [-0.25, -0.2) is 0 Å². The van der Waals surface area contributed by atoms with Crippen LogP contribution in [0.3, 0.4) is 0 Å². The van der Waals surface area contributed by atoms with Crippen molar-refractivity contribution in [3.63, 3.8) is 0 Å². The van der Waals surface area contributed by atoms with Crippen molar-refractivity contribution in [2.75, 3.05) is 14.1 Å². The van der Waals surface area contributed by atoms with Gasteiger partial charge in [-0.3, -0.25) is 0 Å². The summed E-state index contributed by atoms with van der Waals surface area (Å²) >= 11 is 2.05. The van der Waals surface area contributed by atoms with Gasteiger partial charge in [0.1, 0.15) is 0 Å². The fourth-order valence-electron chi connectivity index (χ4n) is 3.19. The topological polar surface area (TPSA) is 3.24 Å². The Kier molecular flexibility index (Phi) is 15.8. The number of benzene rings is 1. The molecule has 0 amide bonds. The third kappa shape index (κ3) is 9.19. The predicted octanol–water partition coefficient (Wildman–Crippen LogP) is 6.11. The standard InChI is InChI=1S/C13H19NS.C5H10.2CH3.Fe/c1-14(2)12-9-6-10-13(12)15-11-7-4-3-5-8-11;1-2-4-5-3-1;;;/h3-5,7-8,12-13H,6,9-10H2,1-2H3;1-5H2;2*1H3;/q;;2*-1;+2. The van der Waals surface area contributed by atoms with E-state index in [1.165, 1.54) is 56.3 Å². The number of nitrogens with zero attached hydrogens (tertiary/aromatic N) is 1. The van der Waals surface area contributed by atoms with Crippen LogP contribution in [0.15, 0.2) is 35.2 Å². The number of thioether (sulfide) groups is 1. The molecule has 134 valence electrons. The van der Waals surface area contributed by atoms with Crippen molar-refractivity contribution in [1.82, 2.24) is 4.90 Å². The molecule has 0 radical (unpaired) electrons.